The van der Waals surface area contributed by atoms with Gasteiger partial charge in [0.1, 0.15) is 0 Å². The van der Waals surface area contributed by atoms with E-state index in [9.17, 15) is 0 Å². The van der Waals surface area contributed by atoms with Crippen molar-refractivity contribution in [3.05, 3.63) is 0 Å². The van der Waals surface area contributed by atoms with Crippen LogP contribution in [0.25, 0.3) is 0 Å². The van der Waals surface area contributed by atoms with Gasteiger partial charge in [-0.2, -0.15) is 11.8 Å². The molecule has 17 heteroatoms. The molecule has 0 aromatic heterocycles. The molecule has 10 unspecified atom stereocenters. The van der Waals surface area contributed by atoms with Crippen LogP contribution in [0, 0.1) is 0 Å². The summed E-state index contributed by atoms with van der Waals surface area (Å²) in [6.07, 6.45) is 20.5. The number of morpholine rings is 6. The van der Waals surface area contributed by atoms with E-state index in [1.54, 1.807) is 0 Å². The number of hydrogen-bond donors (Lipinski definition) is 0. The minimum Gasteiger partial charge on any atom is -0.380 e. The first-order chi connectivity index (χ1) is 52.8. The molecule has 1 spiro atoms. The van der Waals surface area contributed by atoms with Crippen LogP contribution >= 0.6 is 11.8 Å². The van der Waals surface area contributed by atoms with Gasteiger partial charge in [-0.1, -0.05) is 131 Å². The summed E-state index contributed by atoms with van der Waals surface area (Å²) in [4.78, 5) is 22.9. The third-order valence-electron chi connectivity index (χ3n) is 22.1. The molecule has 8 bridgehead atoms. The summed E-state index contributed by atoms with van der Waals surface area (Å²) in [7, 11) is 0. The highest BCUT2D eigenvalue weighted by Crippen LogP contribution is 2.42. The van der Waals surface area contributed by atoms with Crippen LogP contribution in [0.3, 0.4) is 0 Å². The van der Waals surface area contributed by atoms with E-state index in [4.69, 9.17) is 33.2 Å². The molecule has 0 aromatic rings. The maximum atomic E-state index is 5.74. The maximum Gasteiger partial charge on any atom is 0.0811 e. The van der Waals surface area contributed by atoms with Crippen LogP contribution in [0.5, 0.6) is 0 Å². The fraction of sp³-hybridized carbons (Fsp3) is 1.00. The smallest absolute Gasteiger partial charge is 0.0811 e. The molecule has 0 aromatic carbocycles. The quantitative estimate of drug-likeness (QED) is 0.231. The lowest BCUT2D eigenvalue weighted by molar-refractivity contribution is -0.185. The van der Waals surface area contributed by atoms with Crippen molar-refractivity contribution < 1.29 is 33.2 Å². The van der Waals surface area contributed by atoms with Gasteiger partial charge < -0.3 is 38.1 Å². The third kappa shape index (κ3) is 45.2. The summed E-state index contributed by atoms with van der Waals surface area (Å²) in [6.45, 7) is 103. The van der Waals surface area contributed by atoms with Gasteiger partial charge in [0.2, 0.25) is 0 Å². The van der Waals surface area contributed by atoms with E-state index in [1.807, 2.05) is 125 Å². The number of rotatable bonds is 8. The Kier molecular flexibility index (Phi) is 69.8. The van der Waals surface area contributed by atoms with Crippen molar-refractivity contribution in [1.29, 1.82) is 0 Å². The van der Waals surface area contributed by atoms with E-state index in [-0.39, 0.29) is 0 Å². The Morgan fingerprint density at radius 3 is 1.14 bits per heavy atom. The maximum absolute atomic E-state index is 5.74. The van der Waals surface area contributed by atoms with E-state index in [0.717, 1.165) is 129 Å². The van der Waals surface area contributed by atoms with Gasteiger partial charge in [-0.25, -0.2) is 0 Å². The molecule has 16 rings (SSSR count). The lowest BCUT2D eigenvalue weighted by atomic mass is 9.98. The first-order valence-electron chi connectivity index (χ1n) is 47.4. The van der Waals surface area contributed by atoms with Crippen molar-refractivity contribution in [2.75, 3.05) is 149 Å². The van der Waals surface area contributed by atoms with Crippen LogP contribution in [-0.2, 0) is 33.2 Å². The minimum absolute atomic E-state index is 0.308. The van der Waals surface area contributed by atoms with E-state index in [2.05, 4.69) is 187 Å². The van der Waals surface area contributed by atoms with Gasteiger partial charge in [-0.05, 0) is 215 Å². The largest absolute Gasteiger partial charge is 0.380 e. The van der Waals surface area contributed by atoms with Crippen LogP contribution in [-0.4, -0.2) is 314 Å². The summed E-state index contributed by atoms with van der Waals surface area (Å²) in [5.41, 5.74) is 0.645. The van der Waals surface area contributed by atoms with Crippen LogP contribution in [0.1, 0.15) is 340 Å². The fourth-order valence-corrected chi connectivity index (χ4v) is 16.9. The van der Waals surface area contributed by atoms with Crippen molar-refractivity contribution in [3.63, 3.8) is 0 Å². The monoisotopic (exact) mass is 1590 g/mol. The molecule has 2 aliphatic carbocycles. The molecule has 0 radical (unpaired) electrons. The molecule has 14 aliphatic heterocycles. The van der Waals surface area contributed by atoms with E-state index in [0.29, 0.717) is 90.1 Å². The molecule has 16 fully saturated rings. The van der Waals surface area contributed by atoms with Crippen LogP contribution in [0.2, 0.25) is 0 Å². The number of likely N-dealkylation sites (tertiary alicyclic amines) is 3. The zero-order valence-electron chi connectivity index (χ0n) is 81.1. The van der Waals surface area contributed by atoms with E-state index >= 15 is 0 Å². The Morgan fingerprint density at radius 1 is 0.345 bits per heavy atom. The van der Waals surface area contributed by atoms with Crippen molar-refractivity contribution >= 4 is 11.8 Å². The molecule has 14 saturated heterocycles. The molecule has 110 heavy (non-hydrogen) atoms. The normalized spacial score (nSPS) is 28.1. The second-order valence-corrected chi connectivity index (χ2v) is 34.2. The van der Waals surface area contributed by atoms with Gasteiger partial charge >= 0.3 is 0 Å². The first-order valence-corrected chi connectivity index (χ1v) is 48.6. The number of hydrogen-bond acceptors (Lipinski definition) is 17. The summed E-state index contributed by atoms with van der Waals surface area (Å²) in [5, 5.41) is 0. The standard InChI is InChI=1S/4C9H17NO.2C8H15NO.C8H17NO.C8H17N.C7H15NS.9C2H6/c1-9(2,3)10-5-8-4-7(10)6-11-8;1-7(2)10-8-3-4-9(10)6-11-5-8;1-7(2)10-5-8-3-4-9(6-10)11-8;1-8(2)10-5-6-11-9(7-10)3-4-9;1-6(2)9-4-7-3-8(5-9)10-7;1-6(2)9-3-4-10-8-5-7(8)9;1-8(2)9-4-3-6-10-7-5-9;1-8(2)9-6-4-3-5-7-9;1-7(2)8-3-5-9-6-4-8;9*1-2/h7-8H,4-6H2,1-3H3;2*7-9H,3-6H2,1-2H3;8H,3-7H2,1-2H3;2*6-8H,3-5H2,1-2H3;8H,3-7H2,1-2H3;8H,3-7H2,1-2H3;7H,3-6H2,1-2H3;9*1-2H3. The highest BCUT2D eigenvalue weighted by molar-refractivity contribution is 7.99. The highest BCUT2D eigenvalue weighted by atomic mass is 32.2. The van der Waals surface area contributed by atoms with Gasteiger partial charge in [-0.15, -0.1) is 0 Å². The number of piperidine rings is 2. The zero-order valence-corrected chi connectivity index (χ0v) is 82.0. The van der Waals surface area contributed by atoms with E-state index in [1.165, 1.54) is 134 Å². The molecule has 16 nitrogen and oxygen atoms in total. The molecular formula is C93H201N9O7S. The predicted octanol–water partition coefficient (Wildman–Crippen LogP) is 20.4. The number of nitrogens with zero attached hydrogens (tertiary/aromatic N) is 9. The number of thioether (sulfide) groups is 1. The van der Waals surface area contributed by atoms with Gasteiger partial charge in [-0.3, -0.25) is 39.2 Å². The fourth-order valence-electron chi connectivity index (χ4n) is 16.0. The number of ether oxygens (including phenoxy) is 7. The average molecular weight is 1590 g/mol. The van der Waals surface area contributed by atoms with Crippen LogP contribution in [0.15, 0.2) is 0 Å². The third-order valence-corrected chi connectivity index (χ3v) is 23.1. The van der Waals surface area contributed by atoms with Gasteiger partial charge in [0.25, 0.3) is 0 Å². The molecular weight excluding hydrogens is 1390 g/mol. The summed E-state index contributed by atoms with van der Waals surface area (Å²) in [5.74, 6) is 2.66. The SMILES string of the molecule is CC.CC.CC.CC.CC.CC.CC.CC.CC.CC(C)(C)N1CC2CC1CO2.CC(C)N1C2CCC1COC2.CC(C)N1CC2CC(C1)O2.CC(C)N1CC2CCC(C1)O2.CC(C)N1CCCCC1.CC(C)N1CCCOCC1.CC(C)N1CCOC2(CC2)C1.CC(C)N1CCOC2CC21.CC(C)N1CCSCC1. The Hall–Kier alpha value is -0.290. The summed E-state index contributed by atoms with van der Waals surface area (Å²) >= 11 is 2.07. The molecule has 10 atom stereocenters. The van der Waals surface area contributed by atoms with Gasteiger partial charge in [0, 0.05) is 181 Å². The minimum atomic E-state index is 0.308. The van der Waals surface area contributed by atoms with Crippen molar-refractivity contribution in [3.8, 4) is 0 Å². The van der Waals surface area contributed by atoms with Crippen molar-refractivity contribution in [2.24, 2.45) is 0 Å². The lowest BCUT2D eigenvalue weighted by Gasteiger charge is -2.48. The predicted molar refractivity (Wildman–Crippen MR) is 487 cm³/mol. The Labute approximate surface area is 694 Å². The first kappa shape index (κ1) is 114. The molecule has 666 valence electrons. The van der Waals surface area contributed by atoms with Gasteiger partial charge in [0.15, 0.2) is 0 Å². The average Bonchev–Trinajstić information content (AvgIpc) is 1.37. The Bertz CT molecular complexity index is 1900. The Morgan fingerprint density at radius 2 is 0.773 bits per heavy atom. The van der Waals surface area contributed by atoms with Gasteiger partial charge in [0.05, 0.1) is 81.9 Å². The van der Waals surface area contributed by atoms with Crippen LogP contribution < -0.4 is 0 Å². The Balaban J connectivity index is -0.00000114. The van der Waals surface area contributed by atoms with Crippen molar-refractivity contribution in [1.82, 2.24) is 44.1 Å². The summed E-state index contributed by atoms with van der Waals surface area (Å²) in [6, 6.07) is 8.65. The lowest BCUT2D eigenvalue weighted by Crippen LogP contribution is -2.58. The molecule has 2 saturated carbocycles. The summed E-state index contributed by atoms with van der Waals surface area (Å²) < 4.78 is 38.8. The highest BCUT2D eigenvalue weighted by Gasteiger charge is 2.49. The van der Waals surface area contributed by atoms with Crippen molar-refractivity contribution in [2.45, 2.75) is 460 Å². The van der Waals surface area contributed by atoms with Crippen LogP contribution in [0.4, 0.5) is 0 Å². The topological polar surface area (TPSA) is 93.8 Å². The zero-order chi connectivity index (χ0) is 84.7. The molecule has 16 aliphatic rings. The number of fused-ring (bicyclic) bond motifs is 9. The van der Waals surface area contributed by atoms with E-state index < -0.39 is 0 Å². The second kappa shape index (κ2) is 67.5. The molecule has 14 heterocycles. The molecule has 0 N–H and O–H groups in total. The second-order valence-electron chi connectivity index (χ2n) is 33.0. The molecule has 0 amide bonds.